The van der Waals surface area contributed by atoms with Crippen molar-refractivity contribution in [3.63, 3.8) is 0 Å². The first kappa shape index (κ1) is 16.2. The molecule has 4 N–H and O–H groups in total. The van der Waals surface area contributed by atoms with Gasteiger partial charge in [0.05, 0.1) is 12.2 Å². The van der Waals surface area contributed by atoms with Gasteiger partial charge >= 0.3 is 0 Å². The fourth-order valence-electron chi connectivity index (χ4n) is 1.31. The molecule has 0 spiro atoms. The molecule has 102 valence electrons. The molecule has 0 fully saturated rings. The third-order valence-corrected chi connectivity index (χ3v) is 2.28. The molecule has 0 saturated carbocycles. The second-order valence-corrected chi connectivity index (χ2v) is 4.06. The Bertz CT molecular complexity index is 347. The molecular weight excluding hydrogens is 228 g/mol. The zero-order valence-electron chi connectivity index (χ0n) is 11.5. The maximum Gasteiger partial charge on any atom is 0.239 e. The van der Waals surface area contributed by atoms with E-state index in [0.29, 0.717) is 5.70 Å². The summed E-state index contributed by atoms with van der Waals surface area (Å²) in [5, 5.41) is 7.07. The van der Waals surface area contributed by atoms with E-state index in [1.165, 1.54) is 0 Å². The molecule has 0 aliphatic rings. The number of allylic oxidation sites excluding steroid dienone is 2. The molecule has 5 heteroatoms. The van der Waals surface area contributed by atoms with Gasteiger partial charge in [0.1, 0.15) is 0 Å². The van der Waals surface area contributed by atoms with Crippen molar-refractivity contribution < 1.29 is 4.79 Å². The van der Waals surface area contributed by atoms with Crippen molar-refractivity contribution >= 4 is 5.91 Å². The first-order valence-corrected chi connectivity index (χ1v) is 5.95. The number of carbonyl (C=O) groups is 1. The molecule has 5 nitrogen and oxygen atoms in total. The minimum Gasteiger partial charge on any atom is -0.377 e. The van der Waals surface area contributed by atoms with Crippen LogP contribution in [-0.2, 0) is 4.79 Å². The van der Waals surface area contributed by atoms with Crippen molar-refractivity contribution in [2.45, 2.75) is 20.3 Å². The van der Waals surface area contributed by atoms with Gasteiger partial charge in [-0.2, -0.15) is 0 Å². The number of nitrogens with zero attached hydrogens (tertiary/aromatic N) is 1. The van der Waals surface area contributed by atoms with Crippen LogP contribution in [0.1, 0.15) is 20.3 Å². The number of amides is 1. The molecule has 0 radical (unpaired) electrons. The number of hydrogen-bond acceptors (Lipinski definition) is 4. The second-order valence-electron chi connectivity index (χ2n) is 4.06. The Morgan fingerprint density at radius 3 is 2.50 bits per heavy atom. The third-order valence-electron chi connectivity index (χ3n) is 2.28. The van der Waals surface area contributed by atoms with Gasteiger partial charge in [-0.05, 0) is 25.0 Å². The van der Waals surface area contributed by atoms with Crippen LogP contribution in [0.5, 0.6) is 0 Å². The van der Waals surface area contributed by atoms with Crippen molar-refractivity contribution in [1.82, 2.24) is 15.6 Å². The maximum atomic E-state index is 11.1. The Morgan fingerprint density at radius 1 is 1.44 bits per heavy atom. The van der Waals surface area contributed by atoms with Crippen LogP contribution in [0.2, 0.25) is 0 Å². The number of hydrogen-bond donors (Lipinski definition) is 3. The summed E-state index contributed by atoms with van der Waals surface area (Å²) in [5.41, 5.74) is 2.29. The molecule has 0 saturated heterocycles. The van der Waals surface area contributed by atoms with Gasteiger partial charge in [0.15, 0.2) is 0 Å². The van der Waals surface area contributed by atoms with E-state index >= 15 is 0 Å². The number of hydrazine groups is 1. The number of carbonyl (C=O) groups excluding carboxylic acids is 1. The Hall–Kier alpha value is -1.75. The number of nitrogens with two attached hydrogens (primary N) is 1. The first-order chi connectivity index (χ1) is 8.42. The minimum atomic E-state index is -0.0976. The predicted octanol–water partition coefficient (Wildman–Crippen LogP) is 0.881. The van der Waals surface area contributed by atoms with E-state index < -0.39 is 0 Å². The molecule has 0 rings (SSSR count). The van der Waals surface area contributed by atoms with Gasteiger partial charge < -0.3 is 15.6 Å². The summed E-state index contributed by atoms with van der Waals surface area (Å²) in [5.74, 6) is 5.82. The molecule has 1 amide bonds. The monoisotopic (exact) mass is 252 g/mol. The minimum absolute atomic E-state index is 0.0976. The van der Waals surface area contributed by atoms with Gasteiger partial charge in [-0.1, -0.05) is 20.1 Å². The van der Waals surface area contributed by atoms with E-state index in [1.807, 2.05) is 6.92 Å². The molecule has 0 atom stereocenters. The Morgan fingerprint density at radius 2 is 2.06 bits per heavy atom. The zero-order valence-corrected chi connectivity index (χ0v) is 11.5. The molecular formula is C13H24N4O. The topological polar surface area (TPSA) is 70.4 Å². The van der Waals surface area contributed by atoms with E-state index in [0.717, 1.165) is 24.2 Å². The number of likely N-dealkylation sites (N-methyl/N-ethyl adjacent to an activating group) is 1. The molecule has 0 heterocycles. The maximum absolute atomic E-state index is 11.1. The number of rotatable bonds is 8. The van der Waals surface area contributed by atoms with Crippen molar-refractivity contribution in [2.24, 2.45) is 5.84 Å². The lowest BCUT2D eigenvalue weighted by Crippen LogP contribution is -2.33. The fraction of sp³-hybridized carbons (Fsp3) is 0.462. The lowest BCUT2D eigenvalue weighted by molar-refractivity contribution is -0.119. The van der Waals surface area contributed by atoms with Gasteiger partial charge in [0.2, 0.25) is 5.91 Å². The van der Waals surface area contributed by atoms with Crippen LogP contribution < -0.4 is 16.5 Å². The molecule has 0 aromatic rings. The van der Waals surface area contributed by atoms with Crippen LogP contribution in [0.3, 0.4) is 0 Å². The van der Waals surface area contributed by atoms with Crippen molar-refractivity contribution in [3.8, 4) is 0 Å². The van der Waals surface area contributed by atoms with Crippen LogP contribution in [0, 0.1) is 0 Å². The summed E-state index contributed by atoms with van der Waals surface area (Å²) in [6.45, 7) is 12.6. The Labute approximate surface area is 109 Å². The van der Waals surface area contributed by atoms with Crippen molar-refractivity contribution in [2.75, 3.05) is 20.1 Å². The lowest BCUT2D eigenvalue weighted by atomic mass is 10.2. The molecule has 0 bridgehead atoms. The van der Waals surface area contributed by atoms with Crippen LogP contribution >= 0.6 is 0 Å². The molecule has 0 unspecified atom stereocenters. The van der Waals surface area contributed by atoms with Crippen LogP contribution in [0.15, 0.2) is 36.2 Å². The van der Waals surface area contributed by atoms with Gasteiger partial charge in [-0.15, -0.1) is 0 Å². The van der Waals surface area contributed by atoms with E-state index in [4.69, 9.17) is 5.84 Å². The van der Waals surface area contributed by atoms with E-state index in [9.17, 15) is 4.79 Å². The summed E-state index contributed by atoms with van der Waals surface area (Å²) in [6.07, 6.45) is 2.74. The highest BCUT2D eigenvalue weighted by Crippen LogP contribution is 2.11. The summed E-state index contributed by atoms with van der Waals surface area (Å²) in [6, 6.07) is 0. The first-order valence-electron chi connectivity index (χ1n) is 5.95. The Kier molecular flexibility index (Phi) is 7.54. The SMILES string of the molecule is C=C(/C=C(/C(=C)C)N(N)CCC)NCC(=O)NC. The van der Waals surface area contributed by atoms with Crippen LogP contribution in [-0.4, -0.2) is 31.1 Å². The van der Waals surface area contributed by atoms with E-state index in [1.54, 1.807) is 18.1 Å². The van der Waals surface area contributed by atoms with Crippen molar-refractivity contribution in [1.29, 1.82) is 0 Å². The highest BCUT2D eigenvalue weighted by atomic mass is 16.1. The average molecular weight is 252 g/mol. The van der Waals surface area contributed by atoms with Crippen LogP contribution in [0.4, 0.5) is 0 Å². The largest absolute Gasteiger partial charge is 0.377 e. The summed E-state index contributed by atoms with van der Waals surface area (Å²) >= 11 is 0. The van der Waals surface area contributed by atoms with Gasteiger partial charge in [0, 0.05) is 19.3 Å². The normalized spacial score (nSPS) is 10.8. The summed E-state index contributed by atoms with van der Waals surface area (Å²) in [7, 11) is 1.59. The molecule has 0 aromatic heterocycles. The molecule has 18 heavy (non-hydrogen) atoms. The van der Waals surface area contributed by atoms with Gasteiger partial charge in [-0.25, -0.2) is 5.84 Å². The summed E-state index contributed by atoms with van der Waals surface area (Å²) in [4.78, 5) is 11.1. The van der Waals surface area contributed by atoms with Crippen LogP contribution in [0.25, 0.3) is 0 Å². The Balaban J connectivity index is 4.60. The molecule has 0 aliphatic heterocycles. The number of nitrogens with one attached hydrogen (secondary N) is 2. The van der Waals surface area contributed by atoms with Gasteiger partial charge in [-0.3, -0.25) is 4.79 Å². The summed E-state index contributed by atoms with van der Waals surface area (Å²) < 4.78 is 0. The lowest BCUT2D eigenvalue weighted by Gasteiger charge is -2.22. The predicted molar refractivity (Wildman–Crippen MR) is 75.3 cm³/mol. The van der Waals surface area contributed by atoms with Gasteiger partial charge in [0.25, 0.3) is 0 Å². The highest BCUT2D eigenvalue weighted by Gasteiger charge is 2.06. The fourth-order valence-corrected chi connectivity index (χ4v) is 1.31. The highest BCUT2D eigenvalue weighted by molar-refractivity contribution is 5.77. The van der Waals surface area contributed by atoms with E-state index in [2.05, 4.69) is 30.7 Å². The average Bonchev–Trinajstić information content (AvgIpc) is 2.32. The second kappa shape index (κ2) is 8.36. The van der Waals surface area contributed by atoms with E-state index in [-0.39, 0.29) is 12.5 Å². The molecule has 0 aliphatic carbocycles. The third kappa shape index (κ3) is 6.10. The smallest absolute Gasteiger partial charge is 0.239 e. The standard InChI is InChI=1S/C13H24N4O/c1-6-7-17(14)12(10(2)3)8-11(4)16-9-13(18)15-5/h8,16H,2,4,6-7,9,14H2,1,3,5H3,(H,15,18)/b12-8-. The van der Waals surface area contributed by atoms with Crippen molar-refractivity contribution in [3.05, 3.63) is 36.2 Å². The molecule has 0 aromatic carbocycles. The quantitative estimate of drug-likeness (QED) is 0.341. The zero-order chi connectivity index (χ0) is 14.1.